The molecular weight excluding hydrogens is 272 g/mol. The molecule has 0 unspecified atom stereocenters. The van der Waals surface area contributed by atoms with Crippen molar-refractivity contribution < 1.29 is 9.53 Å². The van der Waals surface area contributed by atoms with Crippen LogP contribution in [0.5, 0.6) is 0 Å². The molecule has 1 aromatic rings. The summed E-state index contributed by atoms with van der Waals surface area (Å²) in [5, 5.41) is 0. The quantitative estimate of drug-likeness (QED) is 0.574. The maximum atomic E-state index is 12.3. The third-order valence-corrected chi connectivity index (χ3v) is 6.72. The molecule has 0 heterocycles. The van der Waals surface area contributed by atoms with Gasteiger partial charge in [0.2, 0.25) is 0 Å². The van der Waals surface area contributed by atoms with Crippen LogP contribution in [0.3, 0.4) is 0 Å². The average Bonchev–Trinajstić information content (AvgIpc) is 2.81. The minimum absolute atomic E-state index is 0.136. The fourth-order valence-electron chi connectivity index (χ4n) is 4.74. The van der Waals surface area contributed by atoms with Crippen LogP contribution in [-0.2, 0) is 9.53 Å². The number of hydrogen-bond donors (Lipinski definition) is 0. The first-order chi connectivity index (χ1) is 10.3. The van der Waals surface area contributed by atoms with E-state index in [1.54, 1.807) is 0 Å². The summed E-state index contributed by atoms with van der Waals surface area (Å²) in [5.74, 6) is 1.52. The largest absolute Gasteiger partial charge is 0.427 e. The number of fused-ring (bicyclic) bond motifs is 2. The van der Waals surface area contributed by atoms with Crippen LogP contribution in [0.1, 0.15) is 52.0 Å². The van der Waals surface area contributed by atoms with Gasteiger partial charge in [0.1, 0.15) is 5.76 Å². The molecule has 2 saturated carbocycles. The second-order valence-corrected chi connectivity index (χ2v) is 7.77. The van der Waals surface area contributed by atoms with E-state index in [0.717, 1.165) is 17.9 Å². The fraction of sp³-hybridized carbons (Fsp3) is 0.550. The standard InChI is InChI=1S/C20H26O2/c1-14(15-8-6-5-7-9-15)22-18(21)13-17-12-16-10-11-20(17,4)19(16,2)3/h5-9,16-17H,1,10-13H2,2-4H3/t16-,17-,20-/m1/s1. The van der Waals surface area contributed by atoms with Gasteiger partial charge < -0.3 is 4.74 Å². The molecule has 0 spiro atoms. The zero-order valence-corrected chi connectivity index (χ0v) is 13.9. The zero-order chi connectivity index (χ0) is 16.0. The van der Waals surface area contributed by atoms with Gasteiger partial charge in [-0.3, -0.25) is 4.79 Å². The van der Waals surface area contributed by atoms with Crippen LogP contribution in [-0.4, -0.2) is 5.97 Å². The number of rotatable bonds is 4. The Balaban J connectivity index is 1.63. The Kier molecular flexibility index (Phi) is 3.66. The van der Waals surface area contributed by atoms with E-state index >= 15 is 0 Å². The first-order valence-corrected chi connectivity index (χ1v) is 8.29. The van der Waals surface area contributed by atoms with Crippen molar-refractivity contribution in [1.29, 1.82) is 0 Å². The molecule has 2 nitrogen and oxygen atoms in total. The highest BCUT2D eigenvalue weighted by atomic mass is 16.5. The van der Waals surface area contributed by atoms with Crippen LogP contribution < -0.4 is 0 Å². The van der Waals surface area contributed by atoms with E-state index in [-0.39, 0.29) is 11.4 Å². The molecule has 2 fully saturated rings. The summed E-state index contributed by atoms with van der Waals surface area (Å²) in [6.07, 6.45) is 4.23. The lowest BCUT2D eigenvalue weighted by Crippen LogP contribution is -2.33. The molecule has 0 saturated heterocycles. The van der Waals surface area contributed by atoms with Gasteiger partial charge in [0.05, 0.1) is 0 Å². The lowest BCUT2D eigenvalue weighted by Gasteiger charge is -2.39. The lowest BCUT2D eigenvalue weighted by molar-refractivity contribution is -0.139. The highest BCUT2D eigenvalue weighted by Gasteiger charge is 2.61. The molecule has 0 N–H and O–H groups in total. The number of ether oxygens (including phenoxy) is 1. The summed E-state index contributed by atoms with van der Waals surface area (Å²) in [4.78, 5) is 12.3. The highest BCUT2D eigenvalue weighted by molar-refractivity contribution is 5.77. The van der Waals surface area contributed by atoms with E-state index < -0.39 is 0 Å². The van der Waals surface area contributed by atoms with Crippen molar-refractivity contribution in [2.75, 3.05) is 0 Å². The van der Waals surface area contributed by atoms with Crippen molar-refractivity contribution >= 4 is 11.7 Å². The van der Waals surface area contributed by atoms with Crippen LogP contribution in [0.2, 0.25) is 0 Å². The fourth-order valence-corrected chi connectivity index (χ4v) is 4.74. The van der Waals surface area contributed by atoms with E-state index in [9.17, 15) is 4.79 Å². The third-order valence-electron chi connectivity index (χ3n) is 6.72. The molecule has 3 rings (SSSR count). The van der Waals surface area contributed by atoms with Gasteiger partial charge in [-0.05, 0) is 41.9 Å². The van der Waals surface area contributed by atoms with Crippen molar-refractivity contribution in [3.8, 4) is 0 Å². The number of hydrogen-bond acceptors (Lipinski definition) is 2. The SMILES string of the molecule is C=C(OC(=O)C[C@H]1C[C@H]2CC[C@@]1(C)C2(C)C)c1ccccc1. The van der Waals surface area contributed by atoms with Gasteiger partial charge in [-0.1, -0.05) is 57.7 Å². The first-order valence-electron chi connectivity index (χ1n) is 8.29. The molecule has 0 aliphatic heterocycles. The van der Waals surface area contributed by atoms with Crippen molar-refractivity contribution in [2.45, 2.75) is 46.5 Å². The van der Waals surface area contributed by atoms with Crippen LogP contribution >= 0.6 is 0 Å². The third kappa shape index (κ3) is 2.29. The maximum Gasteiger partial charge on any atom is 0.311 e. The van der Waals surface area contributed by atoms with Crippen molar-refractivity contribution in [2.24, 2.45) is 22.7 Å². The predicted molar refractivity (Wildman–Crippen MR) is 88.9 cm³/mol. The Bertz CT molecular complexity index is 587. The Labute approximate surface area is 133 Å². The summed E-state index contributed by atoms with van der Waals surface area (Å²) in [6, 6.07) is 9.62. The Morgan fingerprint density at radius 1 is 1.27 bits per heavy atom. The van der Waals surface area contributed by atoms with Crippen LogP contribution in [0, 0.1) is 22.7 Å². The summed E-state index contributed by atoms with van der Waals surface area (Å²) in [6.45, 7) is 11.0. The molecule has 3 atom stereocenters. The molecule has 0 radical (unpaired) electrons. The number of esters is 1. The molecule has 118 valence electrons. The van der Waals surface area contributed by atoms with Gasteiger partial charge in [-0.15, -0.1) is 0 Å². The average molecular weight is 298 g/mol. The van der Waals surface area contributed by atoms with E-state index in [0.29, 0.717) is 23.5 Å². The van der Waals surface area contributed by atoms with Gasteiger partial charge in [0, 0.05) is 12.0 Å². The van der Waals surface area contributed by atoms with Crippen LogP contribution in [0.15, 0.2) is 36.9 Å². The van der Waals surface area contributed by atoms with E-state index in [1.807, 2.05) is 30.3 Å². The highest BCUT2D eigenvalue weighted by Crippen LogP contribution is 2.68. The topological polar surface area (TPSA) is 26.3 Å². The second kappa shape index (κ2) is 5.26. The van der Waals surface area contributed by atoms with E-state index in [4.69, 9.17) is 4.74 Å². The first kappa shape index (κ1) is 15.3. The Hall–Kier alpha value is -1.57. The summed E-state index contributed by atoms with van der Waals surface area (Å²) in [5.41, 5.74) is 1.48. The molecule has 0 amide bonds. The Morgan fingerprint density at radius 3 is 2.50 bits per heavy atom. The molecule has 2 bridgehead atoms. The maximum absolute atomic E-state index is 12.3. The minimum Gasteiger partial charge on any atom is -0.427 e. The second-order valence-electron chi connectivity index (χ2n) is 7.77. The Morgan fingerprint density at radius 2 is 1.95 bits per heavy atom. The number of carbonyl (C=O) groups is 1. The zero-order valence-electron chi connectivity index (χ0n) is 13.9. The van der Waals surface area contributed by atoms with Crippen molar-refractivity contribution in [3.05, 3.63) is 42.5 Å². The molecule has 22 heavy (non-hydrogen) atoms. The smallest absolute Gasteiger partial charge is 0.311 e. The van der Waals surface area contributed by atoms with Crippen LogP contribution in [0.4, 0.5) is 0 Å². The van der Waals surface area contributed by atoms with E-state index in [1.165, 1.54) is 12.8 Å². The summed E-state index contributed by atoms with van der Waals surface area (Å²) in [7, 11) is 0. The van der Waals surface area contributed by atoms with Crippen molar-refractivity contribution in [3.63, 3.8) is 0 Å². The summed E-state index contributed by atoms with van der Waals surface area (Å²) < 4.78 is 5.49. The van der Waals surface area contributed by atoms with Gasteiger partial charge in [0.25, 0.3) is 0 Å². The van der Waals surface area contributed by atoms with Crippen LogP contribution in [0.25, 0.3) is 5.76 Å². The van der Waals surface area contributed by atoms with Gasteiger partial charge in [0.15, 0.2) is 0 Å². The molecule has 2 heteroatoms. The minimum atomic E-state index is -0.136. The van der Waals surface area contributed by atoms with Crippen molar-refractivity contribution in [1.82, 2.24) is 0 Å². The molecule has 2 aliphatic carbocycles. The molecule has 2 aliphatic rings. The summed E-state index contributed by atoms with van der Waals surface area (Å²) >= 11 is 0. The molecule has 0 aromatic heterocycles. The predicted octanol–water partition coefficient (Wildman–Crippen LogP) is 5.05. The monoisotopic (exact) mass is 298 g/mol. The molecule has 1 aromatic carbocycles. The lowest BCUT2D eigenvalue weighted by atomic mass is 9.66. The molecular formula is C20H26O2. The number of carbonyl (C=O) groups excluding carboxylic acids is 1. The normalized spacial score (nSPS) is 32.0. The van der Waals surface area contributed by atoms with Gasteiger partial charge in [-0.25, -0.2) is 0 Å². The number of benzene rings is 1. The van der Waals surface area contributed by atoms with Gasteiger partial charge >= 0.3 is 5.97 Å². The van der Waals surface area contributed by atoms with E-state index in [2.05, 4.69) is 27.4 Å². The van der Waals surface area contributed by atoms with Gasteiger partial charge in [-0.2, -0.15) is 0 Å².